The van der Waals surface area contributed by atoms with Gasteiger partial charge in [0, 0.05) is 0 Å². The molecule has 0 saturated heterocycles. The van der Waals surface area contributed by atoms with Crippen LogP contribution in [0.5, 0.6) is 0 Å². The maximum atomic E-state index is 10.9. The Kier molecular flexibility index (Phi) is 2.90. The lowest BCUT2D eigenvalue weighted by Crippen LogP contribution is -2.27. The summed E-state index contributed by atoms with van der Waals surface area (Å²) in [4.78, 5) is 10.9. The molecule has 0 heterocycles. The van der Waals surface area contributed by atoms with E-state index in [0.29, 0.717) is 0 Å². The van der Waals surface area contributed by atoms with E-state index in [-0.39, 0.29) is 0 Å². The number of carbonyl (C=O) groups is 1. The van der Waals surface area contributed by atoms with Crippen LogP contribution in [0.1, 0.15) is 39.0 Å². The fourth-order valence-electron chi connectivity index (χ4n) is 1.59. The summed E-state index contributed by atoms with van der Waals surface area (Å²) in [6, 6.07) is 0. The summed E-state index contributed by atoms with van der Waals surface area (Å²) >= 11 is 0. The van der Waals surface area contributed by atoms with Crippen LogP contribution in [0.2, 0.25) is 0 Å². The molecule has 2 nitrogen and oxygen atoms in total. The number of carboxylic acids is 1. The van der Waals surface area contributed by atoms with Crippen LogP contribution < -0.4 is 0 Å². The van der Waals surface area contributed by atoms with E-state index in [1.807, 2.05) is 6.92 Å². The largest absolute Gasteiger partial charge is 0.481 e. The highest BCUT2D eigenvalue weighted by molar-refractivity contribution is 5.74. The topological polar surface area (TPSA) is 37.3 Å². The van der Waals surface area contributed by atoms with Crippen molar-refractivity contribution in [3.8, 4) is 0 Å². The average molecular weight is 168 g/mol. The first-order valence-electron chi connectivity index (χ1n) is 4.53. The van der Waals surface area contributed by atoms with Gasteiger partial charge in [-0.25, -0.2) is 0 Å². The minimum Gasteiger partial charge on any atom is -0.481 e. The highest BCUT2D eigenvalue weighted by atomic mass is 16.4. The first-order valence-corrected chi connectivity index (χ1v) is 4.53. The second-order valence-electron chi connectivity index (χ2n) is 3.77. The van der Waals surface area contributed by atoms with Gasteiger partial charge in [-0.1, -0.05) is 12.2 Å². The molecule has 0 aromatic heterocycles. The molecule has 0 fully saturated rings. The van der Waals surface area contributed by atoms with Crippen molar-refractivity contribution >= 4 is 5.97 Å². The van der Waals surface area contributed by atoms with E-state index in [0.717, 1.165) is 32.1 Å². The van der Waals surface area contributed by atoms with E-state index in [1.165, 1.54) is 0 Å². The third-order valence-electron chi connectivity index (χ3n) is 2.65. The molecule has 0 aromatic carbocycles. The smallest absolute Gasteiger partial charge is 0.309 e. The number of rotatable bonds is 1. The molecule has 68 valence electrons. The average Bonchev–Trinajstić information content (AvgIpc) is 1.97. The number of allylic oxidation sites excluding steroid dienone is 2. The Morgan fingerprint density at radius 1 is 1.33 bits per heavy atom. The molecule has 0 radical (unpaired) electrons. The zero-order chi connectivity index (χ0) is 9.03. The fourth-order valence-corrected chi connectivity index (χ4v) is 1.59. The minimum absolute atomic E-state index is 0.481. The molecule has 1 aliphatic carbocycles. The van der Waals surface area contributed by atoms with E-state index in [2.05, 4.69) is 12.2 Å². The summed E-state index contributed by atoms with van der Waals surface area (Å²) in [6.45, 7) is 1.86. The zero-order valence-electron chi connectivity index (χ0n) is 7.55. The molecule has 1 N–H and O–H groups in total. The lowest BCUT2D eigenvalue weighted by Gasteiger charge is -2.24. The van der Waals surface area contributed by atoms with E-state index in [1.54, 1.807) is 0 Å². The normalized spacial score (nSPS) is 33.4. The van der Waals surface area contributed by atoms with E-state index in [4.69, 9.17) is 5.11 Å². The summed E-state index contributed by atoms with van der Waals surface area (Å²) in [6.07, 6.45) is 8.78. The molecule has 1 atom stereocenters. The van der Waals surface area contributed by atoms with Crippen LogP contribution in [0.3, 0.4) is 0 Å². The van der Waals surface area contributed by atoms with Crippen LogP contribution >= 0.6 is 0 Å². The predicted octanol–water partition coefficient (Wildman–Crippen LogP) is 2.60. The molecule has 0 aromatic rings. The molecule has 0 saturated carbocycles. The van der Waals surface area contributed by atoms with Crippen LogP contribution in [0, 0.1) is 5.41 Å². The van der Waals surface area contributed by atoms with E-state index in [9.17, 15) is 4.79 Å². The van der Waals surface area contributed by atoms with Crippen molar-refractivity contribution in [2.24, 2.45) is 5.41 Å². The van der Waals surface area contributed by atoms with Gasteiger partial charge in [-0.05, 0) is 39.0 Å². The maximum absolute atomic E-state index is 10.9. The second kappa shape index (κ2) is 3.74. The molecule has 0 bridgehead atoms. The van der Waals surface area contributed by atoms with Crippen LogP contribution in [0.25, 0.3) is 0 Å². The van der Waals surface area contributed by atoms with Crippen LogP contribution in [0.4, 0.5) is 0 Å². The Morgan fingerprint density at radius 3 is 2.67 bits per heavy atom. The second-order valence-corrected chi connectivity index (χ2v) is 3.77. The minimum atomic E-state index is -0.641. The summed E-state index contributed by atoms with van der Waals surface area (Å²) < 4.78 is 0. The Balaban J connectivity index is 2.63. The van der Waals surface area contributed by atoms with Gasteiger partial charge in [0.2, 0.25) is 0 Å². The van der Waals surface area contributed by atoms with Gasteiger partial charge in [-0.3, -0.25) is 4.79 Å². The van der Waals surface area contributed by atoms with Gasteiger partial charge in [0.05, 0.1) is 5.41 Å². The molecule has 0 amide bonds. The summed E-state index contributed by atoms with van der Waals surface area (Å²) in [7, 11) is 0. The zero-order valence-corrected chi connectivity index (χ0v) is 7.55. The molecule has 0 spiro atoms. The molecule has 2 heteroatoms. The van der Waals surface area contributed by atoms with Crippen molar-refractivity contribution in [2.75, 3.05) is 0 Å². The number of hydrogen-bond acceptors (Lipinski definition) is 1. The molecular formula is C10H16O2. The lowest BCUT2D eigenvalue weighted by molar-refractivity contribution is -0.148. The molecule has 0 aliphatic heterocycles. The lowest BCUT2D eigenvalue weighted by atomic mass is 9.79. The summed E-state index contributed by atoms with van der Waals surface area (Å²) in [5.41, 5.74) is -0.481. The van der Waals surface area contributed by atoms with Crippen molar-refractivity contribution in [1.29, 1.82) is 0 Å². The Morgan fingerprint density at radius 2 is 2.00 bits per heavy atom. The van der Waals surface area contributed by atoms with Gasteiger partial charge >= 0.3 is 5.97 Å². The SMILES string of the molecule is C[C@]1(C(=O)O)CC/C=C\CCC1. The standard InChI is InChI=1S/C10H16O2/c1-10(9(11)12)7-5-3-2-4-6-8-10/h2-3H,4-8H2,1H3,(H,11,12)/b3-2-/t10-/m0/s1. The van der Waals surface area contributed by atoms with E-state index >= 15 is 0 Å². The third-order valence-corrected chi connectivity index (χ3v) is 2.65. The molecule has 12 heavy (non-hydrogen) atoms. The first kappa shape index (κ1) is 9.30. The Bertz CT molecular complexity index is 196. The van der Waals surface area contributed by atoms with Crippen molar-refractivity contribution in [1.82, 2.24) is 0 Å². The quantitative estimate of drug-likeness (QED) is 0.611. The van der Waals surface area contributed by atoms with Crippen LogP contribution in [0.15, 0.2) is 12.2 Å². The number of aliphatic carboxylic acids is 1. The maximum Gasteiger partial charge on any atom is 0.309 e. The number of hydrogen-bond donors (Lipinski definition) is 1. The molecule has 1 rings (SSSR count). The Hall–Kier alpha value is -0.790. The van der Waals surface area contributed by atoms with E-state index < -0.39 is 11.4 Å². The van der Waals surface area contributed by atoms with Gasteiger partial charge in [0.1, 0.15) is 0 Å². The van der Waals surface area contributed by atoms with Crippen molar-refractivity contribution in [3.63, 3.8) is 0 Å². The van der Waals surface area contributed by atoms with Crippen LogP contribution in [-0.4, -0.2) is 11.1 Å². The molecule has 0 unspecified atom stereocenters. The van der Waals surface area contributed by atoms with Crippen molar-refractivity contribution in [2.45, 2.75) is 39.0 Å². The highest BCUT2D eigenvalue weighted by Gasteiger charge is 2.31. The molecule has 1 aliphatic rings. The summed E-state index contributed by atoms with van der Waals surface area (Å²) in [5.74, 6) is -0.641. The van der Waals surface area contributed by atoms with Crippen molar-refractivity contribution in [3.05, 3.63) is 12.2 Å². The monoisotopic (exact) mass is 168 g/mol. The van der Waals surface area contributed by atoms with Gasteiger partial charge in [-0.15, -0.1) is 0 Å². The fraction of sp³-hybridized carbons (Fsp3) is 0.700. The predicted molar refractivity (Wildman–Crippen MR) is 48.0 cm³/mol. The molecular weight excluding hydrogens is 152 g/mol. The van der Waals surface area contributed by atoms with Gasteiger partial charge in [-0.2, -0.15) is 0 Å². The van der Waals surface area contributed by atoms with Gasteiger partial charge in [0.15, 0.2) is 0 Å². The van der Waals surface area contributed by atoms with Crippen LogP contribution in [-0.2, 0) is 4.79 Å². The third kappa shape index (κ3) is 2.10. The van der Waals surface area contributed by atoms with Gasteiger partial charge in [0.25, 0.3) is 0 Å². The highest BCUT2D eigenvalue weighted by Crippen LogP contribution is 2.31. The van der Waals surface area contributed by atoms with Crippen molar-refractivity contribution < 1.29 is 9.90 Å². The number of carboxylic acid groups (broad SMARTS) is 1. The first-order chi connectivity index (χ1) is 5.65. The summed E-state index contributed by atoms with van der Waals surface area (Å²) in [5, 5.41) is 8.99. The van der Waals surface area contributed by atoms with Gasteiger partial charge < -0.3 is 5.11 Å². The Labute approximate surface area is 73.3 Å².